The summed E-state index contributed by atoms with van der Waals surface area (Å²) in [6.07, 6.45) is 0.343. The number of amides is 1. The van der Waals surface area contributed by atoms with Gasteiger partial charge in [0.1, 0.15) is 0 Å². The highest BCUT2D eigenvalue weighted by atomic mass is 32.2. The van der Waals surface area contributed by atoms with Gasteiger partial charge in [-0.2, -0.15) is 0 Å². The molecule has 0 saturated carbocycles. The molecule has 27 heavy (non-hydrogen) atoms. The van der Waals surface area contributed by atoms with E-state index in [9.17, 15) is 21.6 Å². The molecular formula is C16H17N3O5S3. The molecule has 1 unspecified atom stereocenters. The molecule has 0 fully saturated rings. The highest BCUT2D eigenvalue weighted by Gasteiger charge is 2.22. The summed E-state index contributed by atoms with van der Waals surface area (Å²) in [6.45, 7) is 1.93. The van der Waals surface area contributed by atoms with Gasteiger partial charge in [-0.1, -0.05) is 6.92 Å². The van der Waals surface area contributed by atoms with Crippen LogP contribution in [0.3, 0.4) is 0 Å². The zero-order valence-corrected chi connectivity index (χ0v) is 16.6. The molecule has 8 nitrogen and oxygen atoms in total. The van der Waals surface area contributed by atoms with Crippen LogP contribution >= 0.6 is 11.8 Å². The molecule has 11 heteroatoms. The Bertz CT molecular complexity index is 1100. The zero-order valence-electron chi connectivity index (χ0n) is 14.2. The third-order valence-corrected chi connectivity index (χ3v) is 7.26. The fourth-order valence-corrected chi connectivity index (χ4v) is 5.18. The van der Waals surface area contributed by atoms with Crippen LogP contribution in [0.1, 0.15) is 13.3 Å². The minimum Gasteiger partial charge on any atom is -0.325 e. The first-order chi connectivity index (χ1) is 12.5. The smallest absolute Gasteiger partial charge is 0.261 e. The molecule has 0 aliphatic carbocycles. The summed E-state index contributed by atoms with van der Waals surface area (Å²) in [6, 6.07) is 9.54. The molecule has 1 aliphatic heterocycles. The number of fused-ring (bicyclic) bond motifs is 1. The molecule has 4 N–H and O–H groups in total. The monoisotopic (exact) mass is 427 g/mol. The normalized spacial score (nSPS) is 17.6. The summed E-state index contributed by atoms with van der Waals surface area (Å²) in [5.74, 6) is -0.171. The summed E-state index contributed by atoms with van der Waals surface area (Å²) in [5, 5.41) is 7.83. The van der Waals surface area contributed by atoms with E-state index in [-0.39, 0.29) is 26.6 Å². The average Bonchev–Trinajstić information content (AvgIpc) is 2.69. The number of carbonyl (C=O) groups excluding carboxylic acids is 1. The number of rotatable bonds is 4. The summed E-state index contributed by atoms with van der Waals surface area (Å²) in [5.41, 5.74) is 0.631. The van der Waals surface area contributed by atoms with Gasteiger partial charge >= 0.3 is 0 Å². The van der Waals surface area contributed by atoms with Crippen molar-refractivity contribution in [2.45, 2.75) is 33.3 Å². The standard InChI is InChI=1S/C16H17N3O5S3/c1-10-8-16(20)18-14-9-13(6-7-15(14)25-10)27(23,24)19-11-2-4-12(5-3-11)26(17,21)22/h2-7,9-10,19H,8H2,1H3,(H,18,20)(H2,17,21,22). The first-order valence-corrected chi connectivity index (χ1v) is 11.7. The third kappa shape index (κ3) is 4.61. The largest absolute Gasteiger partial charge is 0.325 e. The highest BCUT2D eigenvalue weighted by molar-refractivity contribution is 8.00. The second-order valence-electron chi connectivity index (χ2n) is 6.01. The number of nitrogens with two attached hydrogens (primary N) is 1. The molecule has 2 aromatic carbocycles. The quantitative estimate of drug-likeness (QED) is 0.682. The van der Waals surface area contributed by atoms with Gasteiger partial charge < -0.3 is 5.32 Å². The molecule has 0 radical (unpaired) electrons. The average molecular weight is 428 g/mol. The zero-order chi connectivity index (χ0) is 19.8. The van der Waals surface area contributed by atoms with Crippen molar-refractivity contribution in [3.63, 3.8) is 0 Å². The molecule has 0 bridgehead atoms. The van der Waals surface area contributed by atoms with Crippen LogP contribution in [0.2, 0.25) is 0 Å². The number of carbonyl (C=O) groups is 1. The van der Waals surface area contributed by atoms with Crippen molar-refractivity contribution in [2.75, 3.05) is 10.0 Å². The summed E-state index contributed by atoms with van der Waals surface area (Å²) in [7, 11) is -7.79. The molecule has 1 atom stereocenters. The van der Waals surface area contributed by atoms with Crippen LogP contribution < -0.4 is 15.2 Å². The van der Waals surface area contributed by atoms with E-state index in [0.29, 0.717) is 12.1 Å². The number of primary sulfonamides is 1. The number of sulfonamides is 2. The van der Waals surface area contributed by atoms with E-state index in [4.69, 9.17) is 5.14 Å². The van der Waals surface area contributed by atoms with E-state index in [0.717, 1.165) is 4.90 Å². The summed E-state index contributed by atoms with van der Waals surface area (Å²) < 4.78 is 50.2. The van der Waals surface area contributed by atoms with Gasteiger partial charge in [-0.3, -0.25) is 9.52 Å². The molecular weight excluding hydrogens is 410 g/mol. The lowest BCUT2D eigenvalue weighted by atomic mass is 10.3. The van der Waals surface area contributed by atoms with Crippen LogP contribution in [0, 0.1) is 0 Å². The van der Waals surface area contributed by atoms with Crippen molar-refractivity contribution in [1.82, 2.24) is 0 Å². The summed E-state index contributed by atoms with van der Waals surface area (Å²) in [4.78, 5) is 12.5. The molecule has 2 aromatic rings. The minimum atomic E-state index is -3.93. The Balaban J connectivity index is 1.88. The van der Waals surface area contributed by atoms with Gasteiger partial charge in [-0.25, -0.2) is 22.0 Å². The first-order valence-electron chi connectivity index (χ1n) is 7.81. The maximum atomic E-state index is 12.6. The third-order valence-electron chi connectivity index (χ3n) is 3.77. The van der Waals surface area contributed by atoms with Crippen LogP contribution in [0.5, 0.6) is 0 Å². The molecule has 1 amide bonds. The molecule has 1 aliphatic rings. The topological polar surface area (TPSA) is 135 Å². The predicted octanol–water partition coefficient (Wildman–Crippen LogP) is 1.96. The van der Waals surface area contributed by atoms with E-state index < -0.39 is 20.0 Å². The minimum absolute atomic E-state index is 0.0211. The number of hydrogen-bond acceptors (Lipinski definition) is 6. The Hall–Kier alpha value is -2.08. The van der Waals surface area contributed by atoms with E-state index in [2.05, 4.69) is 10.0 Å². The molecule has 1 heterocycles. The second kappa shape index (κ2) is 7.15. The maximum Gasteiger partial charge on any atom is 0.261 e. The molecule has 0 saturated heterocycles. The van der Waals surface area contributed by atoms with Gasteiger partial charge in [-0.05, 0) is 42.5 Å². The van der Waals surface area contributed by atoms with Crippen LogP contribution in [0.25, 0.3) is 0 Å². The lowest BCUT2D eigenvalue weighted by molar-refractivity contribution is -0.116. The van der Waals surface area contributed by atoms with Crippen LogP contribution in [0.4, 0.5) is 11.4 Å². The predicted molar refractivity (Wildman–Crippen MR) is 104 cm³/mol. The highest BCUT2D eigenvalue weighted by Crippen LogP contribution is 2.36. The van der Waals surface area contributed by atoms with Gasteiger partial charge in [0.2, 0.25) is 15.9 Å². The maximum absolute atomic E-state index is 12.6. The number of thioether (sulfide) groups is 1. The van der Waals surface area contributed by atoms with Gasteiger partial charge in [0, 0.05) is 22.3 Å². The van der Waals surface area contributed by atoms with Crippen molar-refractivity contribution in [2.24, 2.45) is 5.14 Å². The van der Waals surface area contributed by atoms with Gasteiger partial charge in [-0.15, -0.1) is 11.8 Å². The molecule has 0 spiro atoms. The molecule has 144 valence electrons. The van der Waals surface area contributed by atoms with E-state index >= 15 is 0 Å². The Morgan fingerprint density at radius 2 is 1.70 bits per heavy atom. The molecule has 0 aromatic heterocycles. The Kier molecular flexibility index (Phi) is 5.21. The summed E-state index contributed by atoms with van der Waals surface area (Å²) >= 11 is 1.50. The Labute approximate surface area is 161 Å². The number of anilines is 2. The van der Waals surface area contributed by atoms with Crippen molar-refractivity contribution in [3.05, 3.63) is 42.5 Å². The van der Waals surface area contributed by atoms with E-state index in [1.165, 1.54) is 48.2 Å². The Morgan fingerprint density at radius 3 is 2.33 bits per heavy atom. The van der Waals surface area contributed by atoms with Gasteiger partial charge in [0.25, 0.3) is 10.0 Å². The molecule has 3 rings (SSSR count). The van der Waals surface area contributed by atoms with Crippen LogP contribution in [0.15, 0.2) is 57.2 Å². The van der Waals surface area contributed by atoms with Crippen molar-refractivity contribution >= 4 is 49.1 Å². The van der Waals surface area contributed by atoms with E-state index in [1.807, 2.05) is 6.92 Å². The number of hydrogen-bond donors (Lipinski definition) is 3. The first kappa shape index (κ1) is 19.7. The van der Waals surface area contributed by atoms with Crippen LogP contribution in [-0.2, 0) is 24.8 Å². The van der Waals surface area contributed by atoms with E-state index in [1.54, 1.807) is 6.07 Å². The fourth-order valence-electron chi connectivity index (χ4n) is 2.52. The van der Waals surface area contributed by atoms with Gasteiger partial charge in [0.05, 0.1) is 15.5 Å². The SMILES string of the molecule is CC1CC(=O)Nc2cc(S(=O)(=O)Nc3ccc(S(N)(=O)=O)cc3)ccc2S1. The second-order valence-corrected chi connectivity index (χ2v) is 10.7. The van der Waals surface area contributed by atoms with Crippen molar-refractivity contribution in [3.8, 4) is 0 Å². The van der Waals surface area contributed by atoms with Crippen molar-refractivity contribution < 1.29 is 21.6 Å². The van der Waals surface area contributed by atoms with Crippen molar-refractivity contribution in [1.29, 1.82) is 0 Å². The Morgan fingerprint density at radius 1 is 1.07 bits per heavy atom. The fraction of sp³-hybridized carbons (Fsp3) is 0.188. The lowest BCUT2D eigenvalue weighted by Crippen LogP contribution is -2.15. The number of benzene rings is 2. The lowest BCUT2D eigenvalue weighted by Gasteiger charge is -2.12. The van der Waals surface area contributed by atoms with Crippen LogP contribution in [-0.4, -0.2) is 28.0 Å². The van der Waals surface area contributed by atoms with Gasteiger partial charge in [0.15, 0.2) is 0 Å². The number of nitrogens with one attached hydrogen (secondary N) is 2.